The van der Waals surface area contributed by atoms with Gasteiger partial charge in [-0.2, -0.15) is 0 Å². The standard InChI is InChI=1S/C10H14ClN3O2/c1-6(2)7(3)12-10-8(14(15)16)4-5-9(11)13-10/h4-7H,1-3H3,(H,12,13). The van der Waals surface area contributed by atoms with Crippen molar-refractivity contribution in [3.63, 3.8) is 0 Å². The lowest BCUT2D eigenvalue weighted by molar-refractivity contribution is -0.384. The molecule has 1 N–H and O–H groups in total. The molecule has 0 spiro atoms. The van der Waals surface area contributed by atoms with Crippen molar-refractivity contribution < 1.29 is 4.92 Å². The molecule has 0 aromatic carbocycles. The third kappa shape index (κ3) is 3.06. The number of anilines is 1. The van der Waals surface area contributed by atoms with Gasteiger partial charge < -0.3 is 5.32 Å². The zero-order chi connectivity index (χ0) is 12.3. The average molecular weight is 244 g/mol. The van der Waals surface area contributed by atoms with Crippen molar-refractivity contribution in [2.45, 2.75) is 26.8 Å². The third-order valence-corrected chi connectivity index (χ3v) is 2.61. The van der Waals surface area contributed by atoms with Crippen molar-refractivity contribution >= 4 is 23.1 Å². The van der Waals surface area contributed by atoms with E-state index < -0.39 is 4.92 Å². The van der Waals surface area contributed by atoms with E-state index in [1.165, 1.54) is 12.1 Å². The molecule has 88 valence electrons. The summed E-state index contributed by atoms with van der Waals surface area (Å²) < 4.78 is 0. The Morgan fingerprint density at radius 1 is 1.44 bits per heavy atom. The molecule has 0 radical (unpaired) electrons. The minimum atomic E-state index is -0.474. The molecule has 0 saturated carbocycles. The molecule has 1 aromatic heterocycles. The lowest BCUT2D eigenvalue weighted by atomic mass is 10.1. The molecule has 1 heterocycles. The Labute approximate surface area is 99.0 Å². The van der Waals surface area contributed by atoms with Crippen molar-refractivity contribution in [1.29, 1.82) is 0 Å². The monoisotopic (exact) mass is 243 g/mol. The predicted octanol–water partition coefficient (Wildman–Crippen LogP) is 3.10. The molecular weight excluding hydrogens is 230 g/mol. The number of nitro groups is 1. The topological polar surface area (TPSA) is 68.1 Å². The van der Waals surface area contributed by atoms with E-state index >= 15 is 0 Å². The Bertz CT molecular complexity index is 396. The van der Waals surface area contributed by atoms with Crippen LogP contribution in [-0.4, -0.2) is 15.9 Å². The summed E-state index contributed by atoms with van der Waals surface area (Å²) in [6.07, 6.45) is 0. The van der Waals surface area contributed by atoms with Crippen molar-refractivity contribution in [3.05, 3.63) is 27.4 Å². The first kappa shape index (κ1) is 12.7. The van der Waals surface area contributed by atoms with Crippen molar-refractivity contribution in [3.8, 4) is 0 Å². The second kappa shape index (κ2) is 5.12. The van der Waals surface area contributed by atoms with Crippen LogP contribution in [0.15, 0.2) is 12.1 Å². The first-order valence-corrected chi connectivity index (χ1v) is 5.37. The van der Waals surface area contributed by atoms with Gasteiger partial charge in [0.05, 0.1) is 4.92 Å². The summed E-state index contributed by atoms with van der Waals surface area (Å²) in [7, 11) is 0. The Morgan fingerprint density at radius 3 is 2.56 bits per heavy atom. The van der Waals surface area contributed by atoms with Gasteiger partial charge in [-0.15, -0.1) is 0 Å². The number of rotatable bonds is 4. The van der Waals surface area contributed by atoms with Crippen LogP contribution in [0.5, 0.6) is 0 Å². The average Bonchev–Trinajstić information content (AvgIpc) is 2.16. The van der Waals surface area contributed by atoms with Crippen molar-refractivity contribution in [2.24, 2.45) is 5.92 Å². The highest BCUT2D eigenvalue weighted by Crippen LogP contribution is 2.25. The van der Waals surface area contributed by atoms with E-state index in [4.69, 9.17) is 11.6 Å². The minimum Gasteiger partial charge on any atom is -0.362 e. The number of aromatic nitrogens is 1. The van der Waals surface area contributed by atoms with Crippen LogP contribution >= 0.6 is 11.6 Å². The first-order chi connectivity index (χ1) is 7.41. The van der Waals surface area contributed by atoms with Crippen molar-refractivity contribution in [1.82, 2.24) is 4.98 Å². The van der Waals surface area contributed by atoms with Gasteiger partial charge in [0.15, 0.2) is 0 Å². The Kier molecular flexibility index (Phi) is 4.06. The molecule has 0 amide bonds. The Hall–Kier alpha value is -1.36. The highest BCUT2D eigenvalue weighted by molar-refractivity contribution is 6.29. The Morgan fingerprint density at radius 2 is 2.06 bits per heavy atom. The molecule has 0 aliphatic heterocycles. The van der Waals surface area contributed by atoms with Gasteiger partial charge in [-0.05, 0) is 18.9 Å². The summed E-state index contributed by atoms with van der Waals surface area (Å²) in [6, 6.07) is 2.85. The molecule has 0 saturated heterocycles. The van der Waals surface area contributed by atoms with E-state index in [2.05, 4.69) is 10.3 Å². The maximum absolute atomic E-state index is 10.8. The minimum absolute atomic E-state index is 0.0584. The van der Waals surface area contributed by atoms with Crippen LogP contribution in [0, 0.1) is 16.0 Å². The van der Waals surface area contributed by atoms with Gasteiger partial charge in [0, 0.05) is 12.1 Å². The van der Waals surface area contributed by atoms with E-state index in [-0.39, 0.29) is 22.7 Å². The van der Waals surface area contributed by atoms with E-state index in [9.17, 15) is 10.1 Å². The zero-order valence-electron chi connectivity index (χ0n) is 9.40. The van der Waals surface area contributed by atoms with Gasteiger partial charge in [0.1, 0.15) is 5.15 Å². The fraction of sp³-hybridized carbons (Fsp3) is 0.500. The second-order valence-electron chi connectivity index (χ2n) is 3.94. The van der Waals surface area contributed by atoms with Gasteiger partial charge in [0.2, 0.25) is 5.82 Å². The summed E-state index contributed by atoms with van der Waals surface area (Å²) in [6.45, 7) is 5.99. The molecule has 0 aliphatic rings. The molecule has 1 aromatic rings. The van der Waals surface area contributed by atoms with Crippen LogP contribution in [0.2, 0.25) is 5.15 Å². The molecule has 1 unspecified atom stereocenters. The number of hydrogen-bond acceptors (Lipinski definition) is 4. The van der Waals surface area contributed by atoms with Crippen LogP contribution in [-0.2, 0) is 0 Å². The SMILES string of the molecule is CC(C)C(C)Nc1nc(Cl)ccc1[N+](=O)[O-]. The normalized spacial score (nSPS) is 12.6. The van der Waals surface area contributed by atoms with E-state index in [0.717, 1.165) is 0 Å². The van der Waals surface area contributed by atoms with Gasteiger partial charge in [0.25, 0.3) is 0 Å². The third-order valence-electron chi connectivity index (χ3n) is 2.40. The molecule has 0 bridgehead atoms. The molecular formula is C10H14ClN3O2. The second-order valence-corrected chi connectivity index (χ2v) is 4.32. The zero-order valence-corrected chi connectivity index (χ0v) is 10.2. The molecule has 5 nitrogen and oxygen atoms in total. The van der Waals surface area contributed by atoms with Gasteiger partial charge in [-0.3, -0.25) is 10.1 Å². The van der Waals surface area contributed by atoms with Crippen LogP contribution < -0.4 is 5.32 Å². The van der Waals surface area contributed by atoms with Crippen LogP contribution in [0.25, 0.3) is 0 Å². The Balaban J connectivity index is 3.01. The van der Waals surface area contributed by atoms with Gasteiger partial charge in [-0.25, -0.2) is 4.98 Å². The lowest BCUT2D eigenvalue weighted by Gasteiger charge is -2.17. The highest BCUT2D eigenvalue weighted by atomic mass is 35.5. The fourth-order valence-corrected chi connectivity index (χ4v) is 1.21. The largest absolute Gasteiger partial charge is 0.362 e. The summed E-state index contributed by atoms with van der Waals surface area (Å²) in [5.74, 6) is 0.569. The number of nitrogens with zero attached hydrogens (tertiary/aromatic N) is 2. The molecule has 1 atom stereocenters. The van der Waals surface area contributed by atoms with Crippen LogP contribution in [0.3, 0.4) is 0 Å². The molecule has 0 aliphatic carbocycles. The number of nitrogens with one attached hydrogen (secondary N) is 1. The van der Waals surface area contributed by atoms with E-state index in [1.807, 2.05) is 20.8 Å². The number of hydrogen-bond donors (Lipinski definition) is 1. The first-order valence-electron chi connectivity index (χ1n) is 4.99. The summed E-state index contributed by atoms with van der Waals surface area (Å²) in [5, 5.41) is 14.0. The van der Waals surface area contributed by atoms with Crippen LogP contribution in [0.1, 0.15) is 20.8 Å². The number of halogens is 1. The smallest absolute Gasteiger partial charge is 0.311 e. The maximum Gasteiger partial charge on any atom is 0.311 e. The lowest BCUT2D eigenvalue weighted by Crippen LogP contribution is -2.22. The van der Waals surface area contributed by atoms with E-state index in [1.54, 1.807) is 0 Å². The highest BCUT2D eigenvalue weighted by Gasteiger charge is 2.18. The molecule has 16 heavy (non-hydrogen) atoms. The summed E-state index contributed by atoms with van der Waals surface area (Å²) in [5.41, 5.74) is -0.0584. The predicted molar refractivity (Wildman–Crippen MR) is 63.8 cm³/mol. The molecule has 1 rings (SSSR count). The van der Waals surface area contributed by atoms with Crippen LogP contribution in [0.4, 0.5) is 11.5 Å². The quantitative estimate of drug-likeness (QED) is 0.501. The maximum atomic E-state index is 10.8. The van der Waals surface area contributed by atoms with Gasteiger partial charge in [-0.1, -0.05) is 25.4 Å². The molecule has 6 heteroatoms. The molecule has 0 fully saturated rings. The fourth-order valence-electron chi connectivity index (χ4n) is 1.06. The van der Waals surface area contributed by atoms with Gasteiger partial charge >= 0.3 is 5.69 Å². The summed E-state index contributed by atoms with van der Waals surface area (Å²) in [4.78, 5) is 14.2. The van der Waals surface area contributed by atoms with Crippen molar-refractivity contribution in [2.75, 3.05) is 5.32 Å². The number of pyridine rings is 1. The summed E-state index contributed by atoms with van der Waals surface area (Å²) >= 11 is 5.71. The van der Waals surface area contributed by atoms with E-state index in [0.29, 0.717) is 5.92 Å².